The van der Waals surface area contributed by atoms with E-state index in [9.17, 15) is 9.59 Å². The van der Waals surface area contributed by atoms with Gasteiger partial charge in [-0.2, -0.15) is 0 Å². The average molecular weight is 485 g/mol. The monoisotopic (exact) mass is 484 g/mol. The van der Waals surface area contributed by atoms with Gasteiger partial charge in [0.05, 0.1) is 17.7 Å². The molecule has 3 heterocycles. The highest BCUT2D eigenvalue weighted by atomic mass is 35.5. The van der Waals surface area contributed by atoms with Crippen molar-refractivity contribution in [1.82, 2.24) is 9.88 Å². The Bertz CT molecular complexity index is 1000. The lowest BCUT2D eigenvalue weighted by Gasteiger charge is -2.35. The van der Waals surface area contributed by atoms with Gasteiger partial charge in [-0.1, -0.05) is 23.7 Å². The van der Waals surface area contributed by atoms with Gasteiger partial charge in [-0.15, -0.1) is 0 Å². The summed E-state index contributed by atoms with van der Waals surface area (Å²) >= 11 is 5.95. The van der Waals surface area contributed by atoms with E-state index < -0.39 is 0 Å². The maximum atomic E-state index is 13.5. The predicted octanol–water partition coefficient (Wildman–Crippen LogP) is 4.21. The summed E-state index contributed by atoms with van der Waals surface area (Å²) in [5.41, 5.74) is 2.95. The molecule has 1 aromatic carbocycles. The number of rotatable bonds is 7. The third-order valence-corrected chi connectivity index (χ3v) is 7.08. The van der Waals surface area contributed by atoms with Gasteiger partial charge in [0.25, 0.3) is 0 Å². The number of amides is 2. The molecular formula is C26H33ClN4O3. The summed E-state index contributed by atoms with van der Waals surface area (Å²) in [6.45, 7) is 6.70. The summed E-state index contributed by atoms with van der Waals surface area (Å²) < 4.78 is 5.79. The minimum Gasteiger partial charge on any atom is -0.376 e. The van der Waals surface area contributed by atoms with Crippen LogP contribution in [0, 0.1) is 19.8 Å². The molecule has 2 fully saturated rings. The van der Waals surface area contributed by atoms with Crippen LogP contribution in [0.15, 0.2) is 36.5 Å². The number of pyridine rings is 1. The average Bonchev–Trinajstić information content (AvgIpc) is 3.35. The minimum absolute atomic E-state index is 0.00388. The molecule has 0 radical (unpaired) electrons. The Morgan fingerprint density at radius 3 is 2.65 bits per heavy atom. The van der Waals surface area contributed by atoms with Crippen LogP contribution in [0.25, 0.3) is 0 Å². The number of carbonyl (C=O) groups excluding carboxylic acids is 2. The second-order valence-corrected chi connectivity index (χ2v) is 9.68. The largest absolute Gasteiger partial charge is 0.376 e. The van der Waals surface area contributed by atoms with Gasteiger partial charge in [-0.25, -0.2) is 4.98 Å². The van der Waals surface area contributed by atoms with E-state index in [1.54, 1.807) is 11.1 Å². The Morgan fingerprint density at radius 1 is 1.18 bits per heavy atom. The van der Waals surface area contributed by atoms with Crippen molar-refractivity contribution in [2.24, 2.45) is 5.92 Å². The van der Waals surface area contributed by atoms with Crippen LogP contribution in [0.2, 0.25) is 5.02 Å². The van der Waals surface area contributed by atoms with Crippen LogP contribution in [-0.2, 0) is 14.3 Å². The summed E-state index contributed by atoms with van der Waals surface area (Å²) in [7, 11) is 0. The molecule has 1 unspecified atom stereocenters. The van der Waals surface area contributed by atoms with E-state index in [4.69, 9.17) is 16.3 Å². The van der Waals surface area contributed by atoms with E-state index in [-0.39, 0.29) is 30.4 Å². The van der Waals surface area contributed by atoms with Gasteiger partial charge in [0.1, 0.15) is 5.82 Å². The molecule has 0 saturated carbocycles. The first kappa shape index (κ1) is 24.5. The predicted molar refractivity (Wildman–Crippen MR) is 134 cm³/mol. The number of ether oxygens (including phenoxy) is 1. The Kier molecular flexibility index (Phi) is 8.06. The summed E-state index contributed by atoms with van der Waals surface area (Å²) in [5, 5.41) is 3.61. The Morgan fingerprint density at radius 2 is 1.97 bits per heavy atom. The highest BCUT2D eigenvalue weighted by Crippen LogP contribution is 2.25. The highest BCUT2D eigenvalue weighted by Gasteiger charge is 2.32. The zero-order valence-electron chi connectivity index (χ0n) is 19.9. The number of hydrogen-bond donors (Lipinski definition) is 1. The van der Waals surface area contributed by atoms with E-state index in [1.807, 2.05) is 44.2 Å². The van der Waals surface area contributed by atoms with Gasteiger partial charge in [0.15, 0.2) is 0 Å². The molecule has 7 nitrogen and oxygen atoms in total. The molecule has 0 spiro atoms. The lowest BCUT2D eigenvalue weighted by Crippen LogP contribution is -2.47. The molecule has 8 heteroatoms. The SMILES string of the molecule is Cc1cccc(NC(=O)CN(CC2CCCO2)C(=O)C2CCN(c3ccc(Cl)cn3)CC2)c1C. The number of carbonyl (C=O) groups is 2. The van der Waals surface area contributed by atoms with Gasteiger partial charge in [-0.05, 0) is 68.9 Å². The second kappa shape index (κ2) is 11.2. The van der Waals surface area contributed by atoms with E-state index in [1.165, 1.54) is 0 Å². The van der Waals surface area contributed by atoms with Crippen LogP contribution in [0.1, 0.15) is 36.8 Å². The first-order valence-corrected chi connectivity index (χ1v) is 12.4. The van der Waals surface area contributed by atoms with Crippen molar-refractivity contribution in [3.05, 3.63) is 52.7 Å². The molecular weight excluding hydrogens is 452 g/mol. The smallest absolute Gasteiger partial charge is 0.244 e. The molecule has 1 N–H and O–H groups in total. The Labute approximate surface area is 206 Å². The number of aromatic nitrogens is 1. The molecule has 0 bridgehead atoms. The van der Waals surface area contributed by atoms with Gasteiger partial charge in [0, 0.05) is 44.0 Å². The van der Waals surface area contributed by atoms with Crippen LogP contribution >= 0.6 is 11.6 Å². The number of halogens is 1. The minimum atomic E-state index is -0.178. The maximum Gasteiger partial charge on any atom is 0.244 e. The first-order chi connectivity index (χ1) is 16.4. The topological polar surface area (TPSA) is 74.8 Å². The summed E-state index contributed by atoms with van der Waals surface area (Å²) in [6.07, 6.45) is 5.01. The molecule has 2 saturated heterocycles. The quantitative estimate of drug-likeness (QED) is 0.637. The summed E-state index contributed by atoms with van der Waals surface area (Å²) in [5.74, 6) is 0.621. The number of aryl methyl sites for hydroxylation is 1. The fraction of sp³-hybridized carbons (Fsp3) is 0.500. The molecule has 34 heavy (non-hydrogen) atoms. The third kappa shape index (κ3) is 6.07. The second-order valence-electron chi connectivity index (χ2n) is 9.25. The first-order valence-electron chi connectivity index (χ1n) is 12.0. The zero-order valence-corrected chi connectivity index (χ0v) is 20.7. The van der Waals surface area contributed by atoms with Gasteiger partial charge in [-0.3, -0.25) is 9.59 Å². The zero-order chi connectivity index (χ0) is 24.1. The van der Waals surface area contributed by atoms with Gasteiger partial charge < -0.3 is 19.9 Å². The molecule has 1 atom stereocenters. The van der Waals surface area contributed by atoms with Crippen LogP contribution in [-0.4, -0.2) is 60.6 Å². The molecule has 1 aromatic heterocycles. The number of benzene rings is 1. The molecule has 2 aliphatic rings. The normalized spacial score (nSPS) is 18.7. The van der Waals surface area contributed by atoms with Crippen LogP contribution in [0.4, 0.5) is 11.5 Å². The molecule has 4 rings (SSSR count). The Hall–Kier alpha value is -2.64. The maximum absolute atomic E-state index is 13.5. The third-order valence-electron chi connectivity index (χ3n) is 6.85. The van der Waals surface area contributed by atoms with Crippen molar-refractivity contribution in [2.75, 3.05) is 43.0 Å². The lowest BCUT2D eigenvalue weighted by molar-refractivity contribution is -0.140. The summed E-state index contributed by atoms with van der Waals surface area (Å²) in [4.78, 5) is 34.7. The number of hydrogen-bond acceptors (Lipinski definition) is 5. The highest BCUT2D eigenvalue weighted by molar-refractivity contribution is 6.30. The summed E-state index contributed by atoms with van der Waals surface area (Å²) in [6, 6.07) is 9.58. The number of anilines is 2. The van der Waals surface area contributed by atoms with Crippen molar-refractivity contribution in [3.8, 4) is 0 Å². The standard InChI is InChI=1S/C26H33ClN4O3/c1-18-5-3-7-23(19(18)2)29-25(32)17-31(16-22-6-4-14-34-22)26(33)20-10-12-30(13-11-20)24-9-8-21(27)15-28-24/h3,5,7-9,15,20,22H,4,6,10-14,16-17H2,1-2H3,(H,29,32). The van der Waals surface area contributed by atoms with Crippen LogP contribution < -0.4 is 10.2 Å². The van der Waals surface area contributed by atoms with E-state index in [0.717, 1.165) is 61.4 Å². The number of piperidine rings is 1. The van der Waals surface area contributed by atoms with Crippen molar-refractivity contribution in [1.29, 1.82) is 0 Å². The fourth-order valence-corrected chi connectivity index (χ4v) is 4.80. The molecule has 0 aliphatic carbocycles. The van der Waals surface area contributed by atoms with Crippen molar-refractivity contribution in [2.45, 2.75) is 45.6 Å². The molecule has 2 aromatic rings. The van der Waals surface area contributed by atoms with Crippen molar-refractivity contribution < 1.29 is 14.3 Å². The molecule has 2 amide bonds. The van der Waals surface area contributed by atoms with E-state index in [0.29, 0.717) is 18.2 Å². The molecule has 182 valence electrons. The van der Waals surface area contributed by atoms with E-state index >= 15 is 0 Å². The van der Waals surface area contributed by atoms with Gasteiger partial charge >= 0.3 is 0 Å². The number of nitrogens with zero attached hydrogens (tertiary/aromatic N) is 3. The Balaban J connectivity index is 1.39. The van der Waals surface area contributed by atoms with Crippen LogP contribution in [0.5, 0.6) is 0 Å². The lowest BCUT2D eigenvalue weighted by atomic mass is 9.95. The van der Waals surface area contributed by atoms with E-state index in [2.05, 4.69) is 15.2 Å². The number of nitrogens with one attached hydrogen (secondary N) is 1. The van der Waals surface area contributed by atoms with Crippen LogP contribution in [0.3, 0.4) is 0 Å². The van der Waals surface area contributed by atoms with Gasteiger partial charge in [0.2, 0.25) is 11.8 Å². The molecule has 2 aliphatic heterocycles. The fourth-order valence-electron chi connectivity index (χ4n) is 4.68. The van der Waals surface area contributed by atoms with Crippen molar-refractivity contribution >= 4 is 34.9 Å². The van der Waals surface area contributed by atoms with Crippen molar-refractivity contribution in [3.63, 3.8) is 0 Å².